The Kier molecular flexibility index (Phi) is 5.53. The second kappa shape index (κ2) is 7.68. The molecule has 1 N–H and O–H groups in total. The Labute approximate surface area is 159 Å². The Hall–Kier alpha value is -2.05. The van der Waals surface area contributed by atoms with Crippen molar-refractivity contribution in [1.82, 2.24) is 0 Å². The van der Waals surface area contributed by atoms with E-state index in [9.17, 15) is 13.2 Å². The maximum Gasteiger partial charge on any atom is 0.234 e. The van der Waals surface area contributed by atoms with Crippen LogP contribution in [0.5, 0.6) is 0 Å². The van der Waals surface area contributed by atoms with Gasteiger partial charge in [-0.05, 0) is 55.2 Å². The SMILES string of the molecule is CCS(=O)(=O)N1CCCc2ccc(NC(=O)Cc3ccc(Cl)cc3)cc21. The third kappa shape index (κ3) is 4.19. The van der Waals surface area contributed by atoms with Crippen LogP contribution in [0.2, 0.25) is 5.02 Å². The average Bonchev–Trinajstić information content (AvgIpc) is 2.63. The molecule has 1 heterocycles. The topological polar surface area (TPSA) is 66.5 Å². The van der Waals surface area contributed by atoms with Gasteiger partial charge in [0.2, 0.25) is 15.9 Å². The molecule has 26 heavy (non-hydrogen) atoms. The Morgan fingerprint density at radius 1 is 1.19 bits per heavy atom. The monoisotopic (exact) mass is 392 g/mol. The second-order valence-corrected chi connectivity index (χ2v) is 8.89. The zero-order valence-corrected chi connectivity index (χ0v) is 16.1. The molecule has 1 aliphatic rings. The summed E-state index contributed by atoms with van der Waals surface area (Å²) in [7, 11) is -3.32. The zero-order chi connectivity index (χ0) is 18.7. The van der Waals surface area contributed by atoms with Gasteiger partial charge in [0.1, 0.15) is 0 Å². The van der Waals surface area contributed by atoms with Gasteiger partial charge in [-0.1, -0.05) is 29.8 Å². The fourth-order valence-electron chi connectivity index (χ4n) is 3.06. The number of carbonyl (C=O) groups is 1. The van der Waals surface area contributed by atoms with Crippen LogP contribution >= 0.6 is 11.6 Å². The lowest BCUT2D eigenvalue weighted by molar-refractivity contribution is -0.115. The number of halogens is 1. The van der Waals surface area contributed by atoms with Crippen molar-refractivity contribution in [3.05, 3.63) is 58.6 Å². The summed E-state index contributed by atoms with van der Waals surface area (Å²) >= 11 is 5.85. The molecule has 3 rings (SSSR count). The van der Waals surface area contributed by atoms with E-state index in [1.165, 1.54) is 4.31 Å². The molecule has 0 saturated carbocycles. The van der Waals surface area contributed by atoms with Crippen LogP contribution < -0.4 is 9.62 Å². The highest BCUT2D eigenvalue weighted by atomic mass is 35.5. The minimum atomic E-state index is -3.32. The quantitative estimate of drug-likeness (QED) is 0.844. The molecule has 0 aliphatic carbocycles. The van der Waals surface area contributed by atoms with E-state index < -0.39 is 10.0 Å². The molecule has 2 aromatic carbocycles. The highest BCUT2D eigenvalue weighted by Gasteiger charge is 2.26. The molecule has 138 valence electrons. The van der Waals surface area contributed by atoms with E-state index >= 15 is 0 Å². The van der Waals surface area contributed by atoms with Gasteiger partial charge in [-0.2, -0.15) is 0 Å². The van der Waals surface area contributed by atoms with Crippen LogP contribution in [0.4, 0.5) is 11.4 Å². The summed E-state index contributed by atoms with van der Waals surface area (Å²) in [6, 6.07) is 12.6. The van der Waals surface area contributed by atoms with Gasteiger partial charge in [0.05, 0.1) is 17.9 Å². The summed E-state index contributed by atoms with van der Waals surface area (Å²) in [5.41, 5.74) is 3.12. The van der Waals surface area contributed by atoms with Crippen LogP contribution in [0.25, 0.3) is 0 Å². The van der Waals surface area contributed by atoms with Crippen LogP contribution in [0.1, 0.15) is 24.5 Å². The van der Waals surface area contributed by atoms with Gasteiger partial charge < -0.3 is 5.32 Å². The number of rotatable bonds is 5. The summed E-state index contributed by atoms with van der Waals surface area (Å²) in [5.74, 6) is -0.104. The number of hydrogen-bond donors (Lipinski definition) is 1. The molecule has 0 fully saturated rings. The second-order valence-electron chi connectivity index (χ2n) is 6.27. The van der Waals surface area contributed by atoms with E-state index in [4.69, 9.17) is 11.6 Å². The van der Waals surface area contributed by atoms with Crippen molar-refractivity contribution in [2.75, 3.05) is 21.9 Å². The van der Waals surface area contributed by atoms with E-state index in [0.29, 0.717) is 22.9 Å². The highest BCUT2D eigenvalue weighted by molar-refractivity contribution is 7.92. The molecule has 5 nitrogen and oxygen atoms in total. The van der Waals surface area contributed by atoms with Crippen LogP contribution in [0, 0.1) is 0 Å². The first-order valence-electron chi connectivity index (χ1n) is 8.56. The normalized spacial score (nSPS) is 14.0. The van der Waals surface area contributed by atoms with E-state index in [1.807, 2.05) is 24.3 Å². The van der Waals surface area contributed by atoms with E-state index in [-0.39, 0.29) is 18.1 Å². The average molecular weight is 393 g/mol. The van der Waals surface area contributed by atoms with Gasteiger partial charge in [-0.25, -0.2) is 8.42 Å². The number of nitrogens with zero attached hydrogens (tertiary/aromatic N) is 1. The summed E-state index contributed by atoms with van der Waals surface area (Å²) in [4.78, 5) is 12.3. The molecule has 0 bridgehead atoms. The summed E-state index contributed by atoms with van der Waals surface area (Å²) in [5, 5.41) is 3.48. The van der Waals surface area contributed by atoms with E-state index in [0.717, 1.165) is 24.0 Å². The molecule has 0 atom stereocenters. The Morgan fingerprint density at radius 2 is 1.92 bits per heavy atom. The number of aryl methyl sites for hydroxylation is 1. The molecule has 0 aromatic heterocycles. The Morgan fingerprint density at radius 3 is 2.62 bits per heavy atom. The van der Waals surface area contributed by atoms with Crippen LogP contribution in [-0.4, -0.2) is 26.6 Å². The van der Waals surface area contributed by atoms with Gasteiger partial charge in [0.15, 0.2) is 0 Å². The number of amides is 1. The van der Waals surface area contributed by atoms with Crippen LogP contribution in [0.15, 0.2) is 42.5 Å². The molecule has 0 spiro atoms. The first-order valence-corrected chi connectivity index (χ1v) is 10.6. The van der Waals surface area contributed by atoms with Gasteiger partial charge in [-0.15, -0.1) is 0 Å². The lowest BCUT2D eigenvalue weighted by Gasteiger charge is -2.30. The van der Waals surface area contributed by atoms with Crippen molar-refractivity contribution in [3.8, 4) is 0 Å². The number of benzene rings is 2. The molecule has 0 unspecified atom stereocenters. The number of hydrogen-bond acceptors (Lipinski definition) is 3. The van der Waals surface area contributed by atoms with Crippen molar-refractivity contribution >= 4 is 38.9 Å². The third-order valence-corrected chi connectivity index (χ3v) is 6.46. The summed E-state index contributed by atoms with van der Waals surface area (Å²) in [6.45, 7) is 2.12. The van der Waals surface area contributed by atoms with Crippen molar-refractivity contribution in [1.29, 1.82) is 0 Å². The number of carbonyl (C=O) groups excluding carboxylic acids is 1. The molecule has 1 aliphatic heterocycles. The maximum atomic E-state index is 12.3. The third-order valence-electron chi connectivity index (χ3n) is 4.42. The number of sulfonamides is 1. The first-order chi connectivity index (χ1) is 12.4. The van der Waals surface area contributed by atoms with Crippen molar-refractivity contribution in [2.45, 2.75) is 26.2 Å². The molecular weight excluding hydrogens is 372 g/mol. The predicted molar refractivity (Wildman–Crippen MR) is 105 cm³/mol. The number of anilines is 2. The van der Waals surface area contributed by atoms with Gasteiger partial charge in [0.25, 0.3) is 0 Å². The standard InChI is InChI=1S/C19H21ClN2O3S/c1-2-26(24,25)22-11-3-4-15-7-10-17(13-18(15)22)21-19(23)12-14-5-8-16(20)9-6-14/h5-10,13H,2-4,11-12H2,1H3,(H,21,23). The van der Waals surface area contributed by atoms with E-state index in [1.54, 1.807) is 25.1 Å². The Balaban J connectivity index is 1.78. The van der Waals surface area contributed by atoms with Gasteiger partial charge >= 0.3 is 0 Å². The summed E-state index contributed by atoms with van der Waals surface area (Å²) < 4.78 is 26.2. The molecule has 2 aromatic rings. The molecule has 1 amide bonds. The molecule has 0 saturated heterocycles. The zero-order valence-electron chi connectivity index (χ0n) is 14.5. The van der Waals surface area contributed by atoms with Crippen molar-refractivity contribution in [3.63, 3.8) is 0 Å². The minimum absolute atomic E-state index is 0.0552. The fraction of sp³-hybridized carbons (Fsp3) is 0.316. The predicted octanol–water partition coefficient (Wildman–Crippen LogP) is 3.62. The smallest absolute Gasteiger partial charge is 0.234 e. The van der Waals surface area contributed by atoms with Crippen molar-refractivity contribution < 1.29 is 13.2 Å². The largest absolute Gasteiger partial charge is 0.326 e. The Bertz CT molecular complexity index is 911. The van der Waals surface area contributed by atoms with Crippen LogP contribution in [-0.2, 0) is 27.7 Å². The minimum Gasteiger partial charge on any atom is -0.326 e. The van der Waals surface area contributed by atoms with Gasteiger partial charge in [0, 0.05) is 17.3 Å². The lowest BCUT2D eigenvalue weighted by atomic mass is 10.0. The molecule has 7 heteroatoms. The highest BCUT2D eigenvalue weighted by Crippen LogP contribution is 2.32. The van der Waals surface area contributed by atoms with Crippen LogP contribution in [0.3, 0.4) is 0 Å². The van der Waals surface area contributed by atoms with Crippen molar-refractivity contribution in [2.24, 2.45) is 0 Å². The van der Waals surface area contributed by atoms with E-state index in [2.05, 4.69) is 5.32 Å². The van der Waals surface area contributed by atoms with Gasteiger partial charge in [-0.3, -0.25) is 9.10 Å². The number of nitrogens with one attached hydrogen (secondary N) is 1. The lowest BCUT2D eigenvalue weighted by Crippen LogP contribution is -2.36. The summed E-state index contributed by atoms with van der Waals surface area (Å²) in [6.07, 6.45) is 1.86. The fourth-order valence-corrected chi connectivity index (χ4v) is 4.37. The number of fused-ring (bicyclic) bond motifs is 1. The first kappa shape index (κ1) is 18.7. The maximum absolute atomic E-state index is 12.3. The molecular formula is C19H21ClN2O3S. The molecule has 0 radical (unpaired) electrons.